The third-order valence-corrected chi connectivity index (χ3v) is 5.36. The van der Waals surface area contributed by atoms with Crippen molar-refractivity contribution in [3.05, 3.63) is 0 Å². The number of ether oxygens (including phenoxy) is 2. The van der Waals surface area contributed by atoms with Gasteiger partial charge in [0.15, 0.2) is 5.79 Å². The Hall–Kier alpha value is -0.120. The average Bonchev–Trinajstić information content (AvgIpc) is 2.90. The molecule has 3 heteroatoms. The molecule has 3 unspecified atom stereocenters. The summed E-state index contributed by atoms with van der Waals surface area (Å²) in [5.41, 5.74) is 0. The summed E-state index contributed by atoms with van der Waals surface area (Å²) in [4.78, 5) is 0. The van der Waals surface area contributed by atoms with Gasteiger partial charge in [0.05, 0.1) is 12.2 Å². The first-order valence-electron chi connectivity index (χ1n) is 11.0. The highest BCUT2D eigenvalue weighted by molar-refractivity contribution is 4.85. The van der Waals surface area contributed by atoms with E-state index in [1.54, 1.807) is 0 Å². The van der Waals surface area contributed by atoms with Gasteiger partial charge >= 0.3 is 0 Å². The molecule has 0 aromatic rings. The number of rotatable bonds is 15. The van der Waals surface area contributed by atoms with Crippen molar-refractivity contribution in [1.82, 2.24) is 0 Å². The molecule has 0 aliphatic carbocycles. The maximum Gasteiger partial charge on any atom is 0.163 e. The molecule has 1 aliphatic heterocycles. The molecule has 3 nitrogen and oxygen atoms in total. The molecule has 0 bridgehead atoms. The summed E-state index contributed by atoms with van der Waals surface area (Å²) in [5, 5.41) is 10.1. The molecule has 25 heavy (non-hydrogen) atoms. The summed E-state index contributed by atoms with van der Waals surface area (Å²) in [6.45, 7) is 8.17. The SMILES string of the molecule is CCCCCCCCCCCCCCC1OC(C)(C)OC1C(O)CC. The maximum absolute atomic E-state index is 10.1. The lowest BCUT2D eigenvalue weighted by Crippen LogP contribution is -2.35. The molecular weight excluding hydrogens is 312 g/mol. The van der Waals surface area contributed by atoms with Gasteiger partial charge in [0.2, 0.25) is 0 Å². The van der Waals surface area contributed by atoms with E-state index in [4.69, 9.17) is 9.47 Å². The number of aliphatic hydroxyl groups is 1. The molecule has 150 valence electrons. The summed E-state index contributed by atoms with van der Waals surface area (Å²) >= 11 is 0. The van der Waals surface area contributed by atoms with Crippen LogP contribution in [-0.4, -0.2) is 29.2 Å². The van der Waals surface area contributed by atoms with E-state index >= 15 is 0 Å². The molecule has 0 aromatic carbocycles. The Labute approximate surface area is 156 Å². The Morgan fingerprint density at radius 2 is 1.24 bits per heavy atom. The van der Waals surface area contributed by atoms with Crippen LogP contribution in [0.3, 0.4) is 0 Å². The largest absolute Gasteiger partial charge is 0.390 e. The average molecular weight is 357 g/mol. The molecule has 0 saturated carbocycles. The molecule has 1 N–H and O–H groups in total. The summed E-state index contributed by atoms with van der Waals surface area (Å²) in [6.07, 6.45) is 17.6. The van der Waals surface area contributed by atoms with Gasteiger partial charge in [-0.05, 0) is 26.7 Å². The minimum Gasteiger partial charge on any atom is -0.390 e. The fraction of sp³-hybridized carbons (Fsp3) is 1.00. The van der Waals surface area contributed by atoms with E-state index in [-0.39, 0.29) is 12.2 Å². The van der Waals surface area contributed by atoms with Gasteiger partial charge in [-0.3, -0.25) is 0 Å². The van der Waals surface area contributed by atoms with Gasteiger partial charge in [0.1, 0.15) is 6.10 Å². The van der Waals surface area contributed by atoms with Gasteiger partial charge in [0.25, 0.3) is 0 Å². The smallest absolute Gasteiger partial charge is 0.163 e. The number of aliphatic hydroxyl groups excluding tert-OH is 1. The summed E-state index contributed by atoms with van der Waals surface area (Å²) in [6, 6.07) is 0. The van der Waals surface area contributed by atoms with Crippen molar-refractivity contribution in [3.63, 3.8) is 0 Å². The van der Waals surface area contributed by atoms with Crippen molar-refractivity contribution in [2.24, 2.45) is 0 Å². The number of hydrogen-bond donors (Lipinski definition) is 1. The predicted octanol–water partition coefficient (Wildman–Crippen LogP) is 6.37. The molecule has 0 spiro atoms. The van der Waals surface area contributed by atoms with Crippen molar-refractivity contribution < 1.29 is 14.6 Å². The standard InChI is InChI=1S/C22H44O3/c1-5-7-8-9-10-11-12-13-14-15-16-17-18-20-21(19(23)6-2)25-22(3,4)24-20/h19-21,23H,5-18H2,1-4H3. The third-order valence-electron chi connectivity index (χ3n) is 5.36. The Morgan fingerprint density at radius 3 is 1.72 bits per heavy atom. The van der Waals surface area contributed by atoms with E-state index in [2.05, 4.69) is 6.92 Å². The van der Waals surface area contributed by atoms with Gasteiger partial charge in [-0.15, -0.1) is 0 Å². The molecule has 1 saturated heterocycles. The highest BCUT2D eigenvalue weighted by Crippen LogP contribution is 2.33. The second kappa shape index (κ2) is 13.1. The minimum absolute atomic E-state index is 0.0491. The fourth-order valence-corrected chi connectivity index (χ4v) is 3.83. The minimum atomic E-state index is -0.553. The lowest BCUT2D eigenvalue weighted by molar-refractivity contribution is -0.155. The third kappa shape index (κ3) is 9.96. The van der Waals surface area contributed by atoms with Crippen molar-refractivity contribution in [2.45, 2.75) is 142 Å². The zero-order valence-electron chi connectivity index (χ0n) is 17.4. The van der Waals surface area contributed by atoms with Crippen LogP contribution in [0, 0.1) is 0 Å². The molecule has 0 radical (unpaired) electrons. The zero-order chi connectivity index (χ0) is 18.5. The second-order valence-electron chi connectivity index (χ2n) is 8.29. The quantitative estimate of drug-likeness (QED) is 0.346. The van der Waals surface area contributed by atoms with E-state index in [0.29, 0.717) is 0 Å². The normalized spacial score (nSPS) is 23.9. The van der Waals surface area contributed by atoms with Crippen LogP contribution >= 0.6 is 0 Å². The topological polar surface area (TPSA) is 38.7 Å². The number of unbranched alkanes of at least 4 members (excludes halogenated alkanes) is 11. The van der Waals surface area contributed by atoms with E-state index in [1.165, 1.54) is 77.0 Å². The van der Waals surface area contributed by atoms with E-state index in [0.717, 1.165) is 12.8 Å². The summed E-state index contributed by atoms with van der Waals surface area (Å²) < 4.78 is 11.9. The van der Waals surface area contributed by atoms with Crippen LogP contribution in [0.15, 0.2) is 0 Å². The first-order chi connectivity index (χ1) is 12.0. The van der Waals surface area contributed by atoms with Crippen LogP contribution in [0.1, 0.15) is 118 Å². The van der Waals surface area contributed by atoms with Crippen molar-refractivity contribution >= 4 is 0 Å². The highest BCUT2D eigenvalue weighted by atomic mass is 16.8. The summed E-state index contributed by atoms with van der Waals surface area (Å²) in [5.74, 6) is -0.553. The van der Waals surface area contributed by atoms with Gasteiger partial charge in [-0.2, -0.15) is 0 Å². The van der Waals surface area contributed by atoms with Crippen LogP contribution in [-0.2, 0) is 9.47 Å². The molecule has 3 atom stereocenters. The van der Waals surface area contributed by atoms with Crippen LogP contribution in [0.25, 0.3) is 0 Å². The molecule has 0 amide bonds. The molecule has 1 fully saturated rings. The van der Waals surface area contributed by atoms with Crippen LogP contribution < -0.4 is 0 Å². The Kier molecular flexibility index (Phi) is 12.0. The first-order valence-corrected chi connectivity index (χ1v) is 11.0. The van der Waals surface area contributed by atoms with Crippen LogP contribution in [0.5, 0.6) is 0 Å². The summed E-state index contributed by atoms with van der Waals surface area (Å²) in [7, 11) is 0. The van der Waals surface area contributed by atoms with Crippen molar-refractivity contribution in [2.75, 3.05) is 0 Å². The van der Waals surface area contributed by atoms with Crippen molar-refractivity contribution in [1.29, 1.82) is 0 Å². The molecular formula is C22H44O3. The molecule has 1 heterocycles. The lowest BCUT2D eigenvalue weighted by Gasteiger charge is -2.21. The predicted molar refractivity (Wildman–Crippen MR) is 106 cm³/mol. The van der Waals surface area contributed by atoms with E-state index in [9.17, 15) is 5.11 Å². The molecule has 1 aliphatic rings. The lowest BCUT2D eigenvalue weighted by atomic mass is 9.99. The monoisotopic (exact) mass is 356 g/mol. The highest BCUT2D eigenvalue weighted by Gasteiger charge is 2.43. The van der Waals surface area contributed by atoms with E-state index < -0.39 is 11.9 Å². The Balaban J connectivity index is 2.00. The van der Waals surface area contributed by atoms with Gasteiger partial charge in [-0.25, -0.2) is 0 Å². The van der Waals surface area contributed by atoms with E-state index in [1.807, 2.05) is 20.8 Å². The Morgan fingerprint density at radius 1 is 0.760 bits per heavy atom. The van der Waals surface area contributed by atoms with Crippen LogP contribution in [0.4, 0.5) is 0 Å². The first kappa shape index (κ1) is 22.9. The molecule has 0 aromatic heterocycles. The molecule has 1 rings (SSSR count). The number of hydrogen-bond acceptors (Lipinski definition) is 3. The van der Waals surface area contributed by atoms with Gasteiger partial charge in [0, 0.05) is 0 Å². The maximum atomic E-state index is 10.1. The van der Waals surface area contributed by atoms with Gasteiger partial charge < -0.3 is 14.6 Å². The Bertz CT molecular complexity index is 316. The van der Waals surface area contributed by atoms with Crippen LogP contribution in [0.2, 0.25) is 0 Å². The van der Waals surface area contributed by atoms with Gasteiger partial charge in [-0.1, -0.05) is 90.9 Å². The zero-order valence-corrected chi connectivity index (χ0v) is 17.4. The van der Waals surface area contributed by atoms with Crippen molar-refractivity contribution in [3.8, 4) is 0 Å². The fourth-order valence-electron chi connectivity index (χ4n) is 3.83. The second-order valence-corrected chi connectivity index (χ2v) is 8.29.